The van der Waals surface area contributed by atoms with Crippen molar-refractivity contribution in [2.75, 3.05) is 25.5 Å². The van der Waals surface area contributed by atoms with Gasteiger partial charge < -0.3 is 10.1 Å². The first-order valence-corrected chi connectivity index (χ1v) is 9.47. The fourth-order valence-corrected chi connectivity index (χ4v) is 3.51. The lowest BCUT2D eigenvalue weighted by molar-refractivity contribution is -0.121. The predicted octanol–water partition coefficient (Wildman–Crippen LogP) is 3.76. The van der Waals surface area contributed by atoms with Crippen molar-refractivity contribution < 1.29 is 18.7 Å². The van der Waals surface area contributed by atoms with E-state index in [1.807, 2.05) is 11.8 Å². The summed E-state index contributed by atoms with van der Waals surface area (Å²) in [4.78, 5) is 27.2. The van der Waals surface area contributed by atoms with E-state index in [4.69, 9.17) is 4.74 Å². The van der Waals surface area contributed by atoms with Gasteiger partial charge in [-0.15, -0.1) is 0 Å². The summed E-state index contributed by atoms with van der Waals surface area (Å²) in [6.07, 6.45) is 1.39. The summed E-state index contributed by atoms with van der Waals surface area (Å²) in [5.74, 6) is 0.107. The molecule has 0 aromatic heterocycles. The van der Waals surface area contributed by atoms with Crippen LogP contribution >= 0.6 is 0 Å². The number of benzene rings is 2. The number of para-hydroxylation sites is 1. The van der Waals surface area contributed by atoms with Crippen LogP contribution in [0.5, 0.6) is 5.75 Å². The molecule has 1 aliphatic heterocycles. The molecule has 2 aromatic carbocycles. The topological polar surface area (TPSA) is 58.6 Å². The van der Waals surface area contributed by atoms with Crippen LogP contribution in [0.2, 0.25) is 0 Å². The van der Waals surface area contributed by atoms with Gasteiger partial charge in [0.2, 0.25) is 5.91 Å². The van der Waals surface area contributed by atoms with Gasteiger partial charge in [-0.1, -0.05) is 12.1 Å². The van der Waals surface area contributed by atoms with Gasteiger partial charge in [0, 0.05) is 11.5 Å². The second kappa shape index (κ2) is 8.97. The molecule has 1 aliphatic rings. The molecular weight excluding hydrogens is 359 g/mol. The maximum atomic E-state index is 13.7. The number of rotatable bonds is 6. The van der Waals surface area contributed by atoms with Gasteiger partial charge in [0.1, 0.15) is 11.6 Å². The molecule has 1 heterocycles. The Morgan fingerprint density at radius 2 is 1.75 bits per heavy atom. The van der Waals surface area contributed by atoms with E-state index in [2.05, 4.69) is 5.32 Å². The van der Waals surface area contributed by atoms with Crippen molar-refractivity contribution in [2.24, 2.45) is 5.92 Å². The van der Waals surface area contributed by atoms with Crippen molar-refractivity contribution in [2.45, 2.75) is 25.8 Å². The number of amides is 1. The van der Waals surface area contributed by atoms with E-state index in [-0.39, 0.29) is 23.3 Å². The molecule has 148 valence electrons. The van der Waals surface area contributed by atoms with Crippen LogP contribution in [0.4, 0.5) is 10.1 Å². The van der Waals surface area contributed by atoms with E-state index < -0.39 is 11.9 Å². The Morgan fingerprint density at radius 1 is 1.11 bits per heavy atom. The molecule has 0 aliphatic carbocycles. The quantitative estimate of drug-likeness (QED) is 0.771. The normalized spacial score (nSPS) is 16.4. The second-order valence-corrected chi connectivity index (χ2v) is 7.05. The van der Waals surface area contributed by atoms with Crippen molar-refractivity contribution in [3.63, 3.8) is 0 Å². The lowest BCUT2D eigenvalue weighted by Gasteiger charge is -2.34. The van der Waals surface area contributed by atoms with Crippen LogP contribution in [0.3, 0.4) is 0 Å². The Bertz CT molecular complexity index is 830. The highest BCUT2D eigenvalue weighted by molar-refractivity contribution is 5.98. The lowest BCUT2D eigenvalue weighted by atomic mass is 9.88. The third-order valence-electron chi connectivity index (χ3n) is 5.33. The van der Waals surface area contributed by atoms with Gasteiger partial charge in [-0.3, -0.25) is 14.5 Å². The number of piperidine rings is 1. The second-order valence-electron chi connectivity index (χ2n) is 7.05. The molecule has 0 spiro atoms. The molecule has 2 aromatic rings. The fraction of sp³-hybridized carbons (Fsp3) is 0.364. The first kappa shape index (κ1) is 20.0. The number of Topliss-reactive ketones (excluding diaryl/α,β-unsaturated/α-hetero) is 1. The largest absolute Gasteiger partial charge is 0.497 e. The minimum Gasteiger partial charge on any atom is -0.497 e. The Hall–Kier alpha value is -2.73. The van der Waals surface area contributed by atoms with E-state index >= 15 is 0 Å². The third kappa shape index (κ3) is 4.57. The Balaban J connectivity index is 1.54. The van der Waals surface area contributed by atoms with Crippen molar-refractivity contribution >= 4 is 17.4 Å². The van der Waals surface area contributed by atoms with Gasteiger partial charge >= 0.3 is 0 Å². The number of hydrogen-bond acceptors (Lipinski definition) is 4. The molecule has 1 amide bonds. The summed E-state index contributed by atoms with van der Waals surface area (Å²) in [7, 11) is 1.59. The molecule has 0 saturated carbocycles. The number of ether oxygens (including phenoxy) is 1. The van der Waals surface area contributed by atoms with Crippen molar-refractivity contribution in [3.8, 4) is 5.75 Å². The van der Waals surface area contributed by atoms with Gasteiger partial charge in [0.15, 0.2) is 5.78 Å². The molecule has 1 unspecified atom stereocenters. The first-order chi connectivity index (χ1) is 13.5. The maximum Gasteiger partial charge on any atom is 0.241 e. The van der Waals surface area contributed by atoms with Crippen molar-refractivity contribution in [1.29, 1.82) is 0 Å². The summed E-state index contributed by atoms with van der Waals surface area (Å²) in [5, 5.41) is 2.64. The number of ketones is 1. The smallest absolute Gasteiger partial charge is 0.241 e. The van der Waals surface area contributed by atoms with Gasteiger partial charge in [-0.25, -0.2) is 4.39 Å². The Labute approximate surface area is 164 Å². The van der Waals surface area contributed by atoms with E-state index in [1.54, 1.807) is 49.6 Å². The lowest BCUT2D eigenvalue weighted by Crippen LogP contribution is -2.47. The average molecular weight is 384 g/mol. The van der Waals surface area contributed by atoms with Gasteiger partial charge in [-0.05, 0) is 69.3 Å². The molecular formula is C22H25FN2O3. The summed E-state index contributed by atoms with van der Waals surface area (Å²) in [6, 6.07) is 12.9. The number of anilines is 1. The molecule has 1 N–H and O–H groups in total. The van der Waals surface area contributed by atoms with E-state index in [1.165, 1.54) is 6.07 Å². The first-order valence-electron chi connectivity index (χ1n) is 9.47. The highest BCUT2D eigenvalue weighted by Gasteiger charge is 2.30. The zero-order chi connectivity index (χ0) is 20.1. The minimum absolute atomic E-state index is 0.0496. The van der Waals surface area contributed by atoms with Crippen LogP contribution in [-0.4, -0.2) is 42.8 Å². The SMILES string of the molecule is COc1ccc(C(=O)C2CCN(C(C)C(=O)Nc3ccccc3F)CC2)cc1. The third-order valence-corrected chi connectivity index (χ3v) is 5.33. The van der Waals surface area contributed by atoms with Crippen LogP contribution in [0.25, 0.3) is 0 Å². The fourth-order valence-electron chi connectivity index (χ4n) is 3.51. The number of halogens is 1. The maximum absolute atomic E-state index is 13.7. The summed E-state index contributed by atoms with van der Waals surface area (Å²) in [5.41, 5.74) is 0.869. The highest BCUT2D eigenvalue weighted by Crippen LogP contribution is 2.24. The van der Waals surface area contributed by atoms with Crippen LogP contribution in [0.1, 0.15) is 30.1 Å². The van der Waals surface area contributed by atoms with Gasteiger partial charge in [0.25, 0.3) is 0 Å². The number of carbonyl (C=O) groups excluding carboxylic acids is 2. The zero-order valence-electron chi connectivity index (χ0n) is 16.2. The summed E-state index contributed by atoms with van der Waals surface area (Å²) in [6.45, 7) is 3.11. The number of nitrogens with one attached hydrogen (secondary N) is 1. The van der Waals surface area contributed by atoms with Crippen molar-refractivity contribution in [1.82, 2.24) is 4.90 Å². The number of carbonyl (C=O) groups is 2. The van der Waals surface area contributed by atoms with Crippen molar-refractivity contribution in [3.05, 3.63) is 59.9 Å². The number of hydrogen-bond donors (Lipinski definition) is 1. The molecule has 1 atom stereocenters. The van der Waals surface area contributed by atoms with Crippen LogP contribution < -0.4 is 10.1 Å². The van der Waals surface area contributed by atoms with Gasteiger partial charge in [0.05, 0.1) is 18.8 Å². The molecule has 5 nitrogen and oxygen atoms in total. The zero-order valence-corrected chi connectivity index (χ0v) is 16.2. The molecule has 0 radical (unpaired) electrons. The Morgan fingerprint density at radius 3 is 2.36 bits per heavy atom. The van der Waals surface area contributed by atoms with E-state index in [9.17, 15) is 14.0 Å². The predicted molar refractivity (Wildman–Crippen MR) is 106 cm³/mol. The molecule has 3 rings (SSSR count). The highest BCUT2D eigenvalue weighted by atomic mass is 19.1. The standard InChI is InChI=1S/C22H25FN2O3/c1-15(22(27)24-20-6-4-3-5-19(20)23)25-13-11-17(12-14-25)21(26)16-7-9-18(28-2)10-8-16/h3-10,15,17H,11-14H2,1-2H3,(H,24,27). The molecule has 28 heavy (non-hydrogen) atoms. The van der Waals surface area contributed by atoms with Crippen LogP contribution in [-0.2, 0) is 4.79 Å². The molecule has 1 saturated heterocycles. The average Bonchev–Trinajstić information content (AvgIpc) is 2.74. The molecule has 6 heteroatoms. The molecule has 0 bridgehead atoms. The van der Waals surface area contributed by atoms with E-state index in [0.717, 1.165) is 5.75 Å². The number of nitrogens with zero attached hydrogens (tertiary/aromatic N) is 1. The van der Waals surface area contributed by atoms with Crippen LogP contribution in [0.15, 0.2) is 48.5 Å². The monoisotopic (exact) mass is 384 g/mol. The minimum atomic E-state index is -0.452. The van der Waals surface area contributed by atoms with Gasteiger partial charge in [-0.2, -0.15) is 0 Å². The summed E-state index contributed by atoms with van der Waals surface area (Å²) < 4.78 is 18.9. The summed E-state index contributed by atoms with van der Waals surface area (Å²) >= 11 is 0. The number of methoxy groups -OCH3 is 1. The molecule has 1 fully saturated rings. The number of likely N-dealkylation sites (tertiary alicyclic amines) is 1. The van der Waals surface area contributed by atoms with E-state index in [0.29, 0.717) is 31.5 Å². The Kier molecular flexibility index (Phi) is 6.41. The van der Waals surface area contributed by atoms with Crippen LogP contribution in [0, 0.1) is 11.7 Å².